The maximum Gasteiger partial charge on any atom is 0.0490 e. The summed E-state index contributed by atoms with van der Waals surface area (Å²) in [7, 11) is 0. The Hall–Kier alpha value is -1.02. The molecule has 82 valence electrons. The lowest BCUT2D eigenvalue weighted by atomic mass is 9.93. The molecule has 0 spiro atoms. The third-order valence-corrected chi connectivity index (χ3v) is 2.93. The molecule has 2 heteroatoms. The highest BCUT2D eigenvalue weighted by Gasteiger charge is 2.21. The van der Waals surface area contributed by atoms with Crippen LogP contribution in [0, 0.1) is 11.8 Å². The summed E-state index contributed by atoms with van der Waals surface area (Å²) in [5.74, 6) is 1.59. The summed E-state index contributed by atoms with van der Waals surface area (Å²) < 4.78 is 0. The van der Waals surface area contributed by atoms with Crippen molar-refractivity contribution < 1.29 is 0 Å². The first-order valence-corrected chi connectivity index (χ1v) is 5.80. The van der Waals surface area contributed by atoms with Gasteiger partial charge in [0.05, 0.1) is 0 Å². The van der Waals surface area contributed by atoms with Crippen LogP contribution in [0.4, 0.5) is 5.69 Å². The molecule has 1 aromatic carbocycles. The van der Waals surface area contributed by atoms with E-state index in [0.29, 0.717) is 0 Å². The minimum absolute atomic E-state index is 0.796. The Morgan fingerprint density at radius 3 is 2.27 bits per heavy atom. The lowest BCUT2D eigenvalue weighted by Crippen LogP contribution is -2.42. The third kappa shape index (κ3) is 2.96. The molecule has 2 nitrogen and oxygen atoms in total. The van der Waals surface area contributed by atoms with Crippen molar-refractivity contribution in [3.63, 3.8) is 0 Å². The predicted molar refractivity (Wildman–Crippen MR) is 64.6 cm³/mol. The predicted octanol–water partition coefficient (Wildman–Crippen LogP) is 2.99. The molecule has 1 aliphatic heterocycles. The van der Waals surface area contributed by atoms with Crippen molar-refractivity contribution in [2.24, 2.45) is 11.8 Å². The number of nitrogens with one attached hydrogen (secondary N) is 1. The first-order valence-electron chi connectivity index (χ1n) is 5.80. The van der Waals surface area contributed by atoms with Crippen LogP contribution < -0.4 is 5.43 Å². The number of piperidine rings is 1. The number of hydrogen-bond acceptors (Lipinski definition) is 2. The van der Waals surface area contributed by atoms with Crippen LogP contribution in [0.3, 0.4) is 0 Å². The Bertz CT molecular complexity index is 287. The molecule has 15 heavy (non-hydrogen) atoms. The number of benzene rings is 1. The Morgan fingerprint density at radius 1 is 1.07 bits per heavy atom. The number of para-hydroxylation sites is 1. The number of anilines is 1. The van der Waals surface area contributed by atoms with Gasteiger partial charge in [-0.1, -0.05) is 32.0 Å². The van der Waals surface area contributed by atoms with Crippen LogP contribution in [0.1, 0.15) is 20.3 Å². The van der Waals surface area contributed by atoms with Crippen LogP contribution in [0.5, 0.6) is 0 Å². The highest BCUT2D eigenvalue weighted by atomic mass is 15.5. The fourth-order valence-corrected chi connectivity index (χ4v) is 2.45. The van der Waals surface area contributed by atoms with Crippen molar-refractivity contribution in [2.75, 3.05) is 18.5 Å². The standard InChI is InChI=1S/C13H20N2/c1-11-8-12(2)10-15(9-11)14-13-6-4-3-5-7-13/h3-7,11-12,14H,8-10H2,1-2H3. The van der Waals surface area contributed by atoms with Crippen molar-refractivity contribution >= 4 is 5.69 Å². The zero-order valence-corrected chi connectivity index (χ0v) is 9.61. The van der Waals surface area contributed by atoms with E-state index < -0.39 is 0 Å². The number of rotatable bonds is 2. The number of hydrazine groups is 1. The lowest BCUT2D eigenvalue weighted by molar-refractivity contribution is 0.169. The Kier molecular flexibility index (Phi) is 3.27. The zero-order valence-electron chi connectivity index (χ0n) is 9.61. The minimum Gasteiger partial charge on any atom is -0.319 e. The van der Waals surface area contributed by atoms with Gasteiger partial charge >= 0.3 is 0 Å². The summed E-state index contributed by atoms with van der Waals surface area (Å²) >= 11 is 0. The second-order valence-corrected chi connectivity index (χ2v) is 4.83. The molecule has 0 amide bonds. The van der Waals surface area contributed by atoms with E-state index >= 15 is 0 Å². The van der Waals surface area contributed by atoms with E-state index in [-0.39, 0.29) is 0 Å². The normalized spacial score (nSPS) is 27.6. The smallest absolute Gasteiger partial charge is 0.0490 e. The molecule has 0 bridgehead atoms. The Balaban J connectivity index is 1.94. The van der Waals surface area contributed by atoms with Gasteiger partial charge in [0.1, 0.15) is 0 Å². The van der Waals surface area contributed by atoms with E-state index in [2.05, 4.69) is 48.5 Å². The maximum absolute atomic E-state index is 3.48. The van der Waals surface area contributed by atoms with Gasteiger partial charge in [0.15, 0.2) is 0 Å². The zero-order chi connectivity index (χ0) is 10.7. The summed E-state index contributed by atoms with van der Waals surface area (Å²) in [6, 6.07) is 10.4. The second-order valence-electron chi connectivity index (χ2n) is 4.83. The van der Waals surface area contributed by atoms with Crippen LogP contribution >= 0.6 is 0 Å². The fourth-order valence-electron chi connectivity index (χ4n) is 2.45. The van der Waals surface area contributed by atoms with Crippen LogP contribution in [0.25, 0.3) is 0 Å². The van der Waals surface area contributed by atoms with Crippen LogP contribution in [-0.2, 0) is 0 Å². The fraction of sp³-hybridized carbons (Fsp3) is 0.538. The van der Waals surface area contributed by atoms with Crippen molar-refractivity contribution in [1.29, 1.82) is 0 Å². The number of hydrogen-bond donors (Lipinski definition) is 1. The summed E-state index contributed by atoms with van der Waals surface area (Å²) in [4.78, 5) is 0. The van der Waals surface area contributed by atoms with Gasteiger partial charge in [-0.05, 0) is 30.4 Å². The van der Waals surface area contributed by atoms with E-state index in [1.807, 2.05) is 6.07 Å². The summed E-state index contributed by atoms with van der Waals surface area (Å²) in [6.07, 6.45) is 1.35. The van der Waals surface area contributed by atoms with E-state index in [1.54, 1.807) is 0 Å². The number of nitrogens with zero attached hydrogens (tertiary/aromatic N) is 1. The molecular formula is C13H20N2. The summed E-state index contributed by atoms with van der Waals surface area (Å²) in [5.41, 5.74) is 4.67. The molecule has 0 saturated carbocycles. The molecule has 1 heterocycles. The summed E-state index contributed by atoms with van der Waals surface area (Å²) in [5, 5.41) is 2.34. The van der Waals surface area contributed by atoms with E-state index in [4.69, 9.17) is 0 Å². The molecule has 0 radical (unpaired) electrons. The van der Waals surface area contributed by atoms with Gasteiger partial charge in [0.2, 0.25) is 0 Å². The van der Waals surface area contributed by atoms with Crippen LogP contribution in [-0.4, -0.2) is 18.1 Å². The average molecular weight is 204 g/mol. The SMILES string of the molecule is CC1CC(C)CN(Nc2ccccc2)C1. The largest absolute Gasteiger partial charge is 0.319 e. The van der Waals surface area contributed by atoms with Gasteiger partial charge in [-0.25, -0.2) is 5.01 Å². The van der Waals surface area contributed by atoms with Gasteiger partial charge in [-0.3, -0.25) is 0 Å². The van der Waals surface area contributed by atoms with Crippen molar-refractivity contribution in [3.05, 3.63) is 30.3 Å². The van der Waals surface area contributed by atoms with Crippen molar-refractivity contribution in [2.45, 2.75) is 20.3 Å². The highest BCUT2D eigenvalue weighted by Crippen LogP contribution is 2.21. The second kappa shape index (κ2) is 4.67. The van der Waals surface area contributed by atoms with Gasteiger partial charge in [0, 0.05) is 18.8 Å². The Labute approximate surface area is 92.3 Å². The van der Waals surface area contributed by atoms with Gasteiger partial charge in [-0.15, -0.1) is 0 Å². The molecule has 0 aliphatic carbocycles. The van der Waals surface area contributed by atoms with E-state index in [1.165, 1.54) is 12.1 Å². The topological polar surface area (TPSA) is 15.3 Å². The molecule has 1 N–H and O–H groups in total. The first-order chi connectivity index (χ1) is 7.24. The molecule has 1 fully saturated rings. The van der Waals surface area contributed by atoms with Crippen LogP contribution in [0.15, 0.2) is 30.3 Å². The van der Waals surface area contributed by atoms with Crippen molar-refractivity contribution in [1.82, 2.24) is 5.01 Å². The molecule has 0 aromatic heterocycles. The lowest BCUT2D eigenvalue weighted by Gasteiger charge is -2.35. The van der Waals surface area contributed by atoms with E-state index in [9.17, 15) is 0 Å². The molecule has 2 rings (SSSR count). The average Bonchev–Trinajstić information content (AvgIpc) is 2.17. The molecule has 1 aromatic rings. The molecule has 1 saturated heterocycles. The molecular weight excluding hydrogens is 184 g/mol. The van der Waals surface area contributed by atoms with Gasteiger partial charge in [-0.2, -0.15) is 0 Å². The maximum atomic E-state index is 3.48. The van der Waals surface area contributed by atoms with Crippen molar-refractivity contribution in [3.8, 4) is 0 Å². The quantitative estimate of drug-likeness (QED) is 0.796. The molecule has 1 aliphatic rings. The summed E-state index contributed by atoms with van der Waals surface area (Å²) in [6.45, 7) is 6.96. The van der Waals surface area contributed by atoms with E-state index in [0.717, 1.165) is 24.9 Å². The minimum atomic E-state index is 0.796. The van der Waals surface area contributed by atoms with Gasteiger partial charge in [0.25, 0.3) is 0 Å². The molecule has 2 atom stereocenters. The monoisotopic (exact) mass is 204 g/mol. The third-order valence-electron chi connectivity index (χ3n) is 2.93. The Morgan fingerprint density at radius 2 is 1.67 bits per heavy atom. The van der Waals surface area contributed by atoms with Gasteiger partial charge < -0.3 is 5.43 Å². The highest BCUT2D eigenvalue weighted by molar-refractivity contribution is 5.41. The first kappa shape index (κ1) is 10.5. The molecule has 2 unspecified atom stereocenters. The van der Waals surface area contributed by atoms with Crippen LogP contribution in [0.2, 0.25) is 0 Å².